The zero-order chi connectivity index (χ0) is 13.3. The fourth-order valence-electron chi connectivity index (χ4n) is 1.99. The number of carbonyl (C=O) groups excluding carboxylic acids is 1. The van der Waals surface area contributed by atoms with Crippen LogP contribution in [0.15, 0.2) is 0 Å². The van der Waals surface area contributed by atoms with Crippen molar-refractivity contribution in [3.05, 3.63) is 0 Å². The summed E-state index contributed by atoms with van der Waals surface area (Å²) < 4.78 is 0. The molecular weight excluding hydrogens is 248 g/mol. The van der Waals surface area contributed by atoms with Gasteiger partial charge in [0.15, 0.2) is 0 Å². The van der Waals surface area contributed by atoms with Crippen molar-refractivity contribution < 1.29 is 4.79 Å². The van der Waals surface area contributed by atoms with Gasteiger partial charge in [-0.15, -0.1) is 12.4 Å². The maximum absolute atomic E-state index is 12.0. The van der Waals surface area contributed by atoms with Crippen molar-refractivity contribution in [3.63, 3.8) is 0 Å². The van der Waals surface area contributed by atoms with Gasteiger partial charge in [-0.3, -0.25) is 4.79 Å². The monoisotopic (exact) mass is 276 g/mol. The summed E-state index contributed by atoms with van der Waals surface area (Å²) in [6.07, 6.45) is 2.98. The summed E-state index contributed by atoms with van der Waals surface area (Å²) in [6, 6.07) is 0. The van der Waals surface area contributed by atoms with E-state index in [0.717, 1.165) is 0 Å². The van der Waals surface area contributed by atoms with Gasteiger partial charge in [-0.05, 0) is 37.0 Å². The molecule has 1 fully saturated rings. The highest BCUT2D eigenvalue weighted by Gasteiger charge is 2.41. The van der Waals surface area contributed by atoms with Gasteiger partial charge in [-0.2, -0.15) is 0 Å². The Kier molecular flexibility index (Phi) is 6.15. The van der Waals surface area contributed by atoms with Gasteiger partial charge in [0, 0.05) is 13.0 Å². The topological polar surface area (TPSA) is 55.1 Å². The van der Waals surface area contributed by atoms with Crippen molar-refractivity contribution in [2.45, 2.75) is 59.4 Å². The molecule has 4 heteroatoms. The van der Waals surface area contributed by atoms with Crippen LogP contribution in [0.2, 0.25) is 0 Å². The highest BCUT2D eigenvalue weighted by Crippen LogP contribution is 2.39. The molecule has 3 nitrogen and oxygen atoms in total. The average molecular weight is 277 g/mol. The van der Waals surface area contributed by atoms with Gasteiger partial charge in [0.05, 0.1) is 5.54 Å². The fourth-order valence-corrected chi connectivity index (χ4v) is 1.99. The molecule has 18 heavy (non-hydrogen) atoms. The van der Waals surface area contributed by atoms with E-state index in [9.17, 15) is 4.79 Å². The minimum atomic E-state index is -0.186. The van der Waals surface area contributed by atoms with Crippen LogP contribution in [-0.4, -0.2) is 18.0 Å². The van der Waals surface area contributed by atoms with Crippen LogP contribution in [0.5, 0.6) is 0 Å². The van der Waals surface area contributed by atoms with Crippen LogP contribution in [0, 0.1) is 17.3 Å². The molecule has 3 N–H and O–H groups in total. The lowest BCUT2D eigenvalue weighted by molar-refractivity contribution is -0.124. The largest absolute Gasteiger partial charge is 0.349 e. The number of halogens is 1. The van der Waals surface area contributed by atoms with Crippen LogP contribution in [0.4, 0.5) is 0 Å². The van der Waals surface area contributed by atoms with Gasteiger partial charge >= 0.3 is 0 Å². The van der Waals surface area contributed by atoms with Crippen LogP contribution >= 0.6 is 12.4 Å². The average Bonchev–Trinajstić information content (AvgIpc) is 2.98. The Bertz CT molecular complexity index is 284. The number of nitrogens with one attached hydrogen (secondary N) is 1. The Hall–Kier alpha value is -0.280. The summed E-state index contributed by atoms with van der Waals surface area (Å²) in [5.74, 6) is 1.11. The Morgan fingerprint density at radius 1 is 1.33 bits per heavy atom. The van der Waals surface area contributed by atoms with E-state index in [1.54, 1.807) is 0 Å². The first-order valence-corrected chi connectivity index (χ1v) is 6.70. The van der Waals surface area contributed by atoms with E-state index >= 15 is 0 Å². The minimum absolute atomic E-state index is 0. The lowest BCUT2D eigenvalue weighted by Crippen LogP contribution is -2.53. The fraction of sp³-hybridized carbons (Fsp3) is 0.929. The summed E-state index contributed by atoms with van der Waals surface area (Å²) in [5.41, 5.74) is 5.79. The Labute approximate surface area is 118 Å². The third kappa shape index (κ3) is 4.77. The second kappa shape index (κ2) is 6.25. The quantitative estimate of drug-likeness (QED) is 0.811. The normalized spacial score (nSPS) is 20.6. The Morgan fingerprint density at radius 3 is 2.17 bits per heavy atom. The number of hydrogen-bond acceptors (Lipinski definition) is 2. The molecule has 0 aromatic rings. The third-order valence-corrected chi connectivity index (χ3v) is 4.30. The lowest BCUT2D eigenvalue weighted by Gasteiger charge is -2.32. The molecule has 1 saturated carbocycles. The molecule has 0 spiro atoms. The molecule has 0 radical (unpaired) electrons. The lowest BCUT2D eigenvalue weighted by atomic mass is 9.80. The molecule has 0 aliphatic heterocycles. The molecule has 1 amide bonds. The first kappa shape index (κ1) is 17.7. The maximum Gasteiger partial charge on any atom is 0.220 e. The third-order valence-electron chi connectivity index (χ3n) is 4.30. The molecule has 0 heterocycles. The molecule has 0 bridgehead atoms. The predicted molar refractivity (Wildman–Crippen MR) is 78.8 cm³/mol. The van der Waals surface area contributed by atoms with Crippen molar-refractivity contribution in [2.24, 2.45) is 23.0 Å². The van der Waals surface area contributed by atoms with Crippen LogP contribution in [0.3, 0.4) is 0 Å². The Morgan fingerprint density at radius 2 is 1.83 bits per heavy atom. The van der Waals surface area contributed by atoms with E-state index < -0.39 is 0 Å². The smallest absolute Gasteiger partial charge is 0.220 e. The van der Waals surface area contributed by atoms with E-state index in [0.29, 0.717) is 24.8 Å². The summed E-state index contributed by atoms with van der Waals surface area (Å²) >= 11 is 0. The molecule has 1 rings (SSSR count). The van der Waals surface area contributed by atoms with Gasteiger partial charge < -0.3 is 11.1 Å². The number of rotatable bonds is 5. The summed E-state index contributed by atoms with van der Waals surface area (Å²) in [5, 5.41) is 3.14. The highest BCUT2D eigenvalue weighted by molar-refractivity contribution is 5.85. The van der Waals surface area contributed by atoms with Gasteiger partial charge in [0.2, 0.25) is 5.91 Å². The van der Waals surface area contributed by atoms with Crippen molar-refractivity contribution in [1.29, 1.82) is 0 Å². The SMILES string of the molecule is CC(CC(=O)NC(C)(CN)C1CC1)C(C)(C)C.Cl. The van der Waals surface area contributed by atoms with E-state index in [2.05, 4.69) is 39.9 Å². The number of nitrogens with two attached hydrogens (primary N) is 1. The number of carbonyl (C=O) groups is 1. The van der Waals surface area contributed by atoms with Crippen molar-refractivity contribution in [2.75, 3.05) is 6.54 Å². The molecule has 108 valence electrons. The van der Waals surface area contributed by atoms with Gasteiger partial charge in [0.1, 0.15) is 0 Å². The minimum Gasteiger partial charge on any atom is -0.349 e. The molecular formula is C14H29ClN2O. The van der Waals surface area contributed by atoms with Crippen LogP contribution in [0.25, 0.3) is 0 Å². The van der Waals surface area contributed by atoms with E-state index in [-0.39, 0.29) is 29.3 Å². The molecule has 0 aromatic carbocycles. The number of hydrogen-bond donors (Lipinski definition) is 2. The first-order valence-electron chi connectivity index (χ1n) is 6.70. The van der Waals surface area contributed by atoms with Crippen molar-refractivity contribution in [3.8, 4) is 0 Å². The van der Waals surface area contributed by atoms with Crippen LogP contribution in [-0.2, 0) is 4.79 Å². The van der Waals surface area contributed by atoms with E-state index in [1.165, 1.54) is 12.8 Å². The number of amides is 1. The maximum atomic E-state index is 12.0. The molecule has 2 unspecified atom stereocenters. The molecule has 0 saturated heterocycles. The predicted octanol–water partition coefficient (Wildman–Crippen LogP) is 2.72. The van der Waals surface area contributed by atoms with Crippen molar-refractivity contribution >= 4 is 18.3 Å². The van der Waals surface area contributed by atoms with Crippen molar-refractivity contribution in [1.82, 2.24) is 5.32 Å². The highest BCUT2D eigenvalue weighted by atomic mass is 35.5. The van der Waals surface area contributed by atoms with Gasteiger partial charge in [-0.1, -0.05) is 27.7 Å². The second-order valence-corrected chi connectivity index (χ2v) is 6.92. The summed E-state index contributed by atoms with van der Waals surface area (Å²) in [6.45, 7) is 11.3. The molecule has 1 aliphatic rings. The Balaban J connectivity index is 0.00000289. The van der Waals surface area contributed by atoms with Gasteiger partial charge in [-0.25, -0.2) is 0 Å². The van der Waals surface area contributed by atoms with E-state index in [4.69, 9.17) is 5.73 Å². The first-order chi connectivity index (χ1) is 7.69. The van der Waals surface area contributed by atoms with Crippen LogP contribution in [0.1, 0.15) is 53.9 Å². The standard InChI is InChI=1S/C14H28N2O.ClH/c1-10(13(2,3)4)8-12(17)16-14(5,9-15)11-6-7-11;/h10-11H,6-9,15H2,1-5H3,(H,16,17);1H. The van der Waals surface area contributed by atoms with E-state index in [1.807, 2.05) is 0 Å². The van der Waals surface area contributed by atoms with Gasteiger partial charge in [0.25, 0.3) is 0 Å². The molecule has 2 atom stereocenters. The zero-order valence-electron chi connectivity index (χ0n) is 12.4. The zero-order valence-corrected chi connectivity index (χ0v) is 13.2. The molecule has 0 aromatic heterocycles. The van der Waals surface area contributed by atoms with Crippen LogP contribution < -0.4 is 11.1 Å². The summed E-state index contributed by atoms with van der Waals surface area (Å²) in [4.78, 5) is 12.0. The summed E-state index contributed by atoms with van der Waals surface area (Å²) in [7, 11) is 0. The molecule has 1 aliphatic carbocycles. The second-order valence-electron chi connectivity index (χ2n) is 6.92.